The Labute approximate surface area is 161 Å². The van der Waals surface area contributed by atoms with E-state index in [-0.39, 0.29) is 41.7 Å². The summed E-state index contributed by atoms with van der Waals surface area (Å²) in [5, 5.41) is 5.09. The molecule has 1 heterocycles. The highest BCUT2D eigenvalue weighted by Crippen LogP contribution is 2.27. The third-order valence-corrected chi connectivity index (χ3v) is 3.70. The first-order chi connectivity index (χ1) is 13.2. The summed E-state index contributed by atoms with van der Waals surface area (Å²) in [5.41, 5.74) is 6.29. The molecule has 0 aliphatic rings. The van der Waals surface area contributed by atoms with E-state index in [1.165, 1.54) is 13.8 Å². The van der Waals surface area contributed by atoms with Gasteiger partial charge in [-0.1, -0.05) is 12.1 Å². The maximum atomic E-state index is 12.3. The zero-order chi connectivity index (χ0) is 20.8. The van der Waals surface area contributed by atoms with Crippen molar-refractivity contribution in [2.45, 2.75) is 27.2 Å². The Hall–Kier alpha value is -3.62. The van der Waals surface area contributed by atoms with E-state index < -0.39 is 17.8 Å². The second kappa shape index (κ2) is 8.85. The second-order valence-corrected chi connectivity index (χ2v) is 5.93. The molecule has 3 amide bonds. The smallest absolute Gasteiger partial charge is 0.342 e. The monoisotopic (exact) mass is 387 g/mol. The minimum atomic E-state index is -0.921. The second-order valence-electron chi connectivity index (χ2n) is 5.93. The first kappa shape index (κ1) is 20.7. The van der Waals surface area contributed by atoms with Crippen molar-refractivity contribution in [1.82, 2.24) is 0 Å². The number of hydrogen-bond acceptors (Lipinski definition) is 6. The van der Waals surface area contributed by atoms with Gasteiger partial charge in [-0.05, 0) is 31.5 Å². The fourth-order valence-electron chi connectivity index (χ4n) is 2.58. The molecule has 0 fully saturated rings. The van der Waals surface area contributed by atoms with E-state index in [9.17, 15) is 19.2 Å². The quantitative estimate of drug-likeness (QED) is 0.621. The molecular weight excluding hydrogens is 366 g/mol. The Kier molecular flexibility index (Phi) is 6.54. The lowest BCUT2D eigenvalue weighted by molar-refractivity contribution is -0.116. The predicted octanol–water partition coefficient (Wildman–Crippen LogP) is 2.00. The Balaban J connectivity index is 2.17. The molecule has 28 heavy (non-hydrogen) atoms. The molecule has 9 nitrogen and oxygen atoms in total. The van der Waals surface area contributed by atoms with Gasteiger partial charge in [0.1, 0.15) is 16.9 Å². The van der Waals surface area contributed by atoms with Crippen LogP contribution in [0.5, 0.6) is 0 Å². The van der Waals surface area contributed by atoms with E-state index in [2.05, 4.69) is 10.6 Å². The highest BCUT2D eigenvalue weighted by atomic mass is 16.5. The van der Waals surface area contributed by atoms with Crippen LogP contribution in [0.1, 0.15) is 45.9 Å². The number of carbonyl (C=O) groups is 4. The van der Waals surface area contributed by atoms with Crippen molar-refractivity contribution < 1.29 is 28.3 Å². The van der Waals surface area contributed by atoms with E-state index >= 15 is 0 Å². The van der Waals surface area contributed by atoms with Crippen LogP contribution in [-0.4, -0.2) is 30.3 Å². The van der Waals surface area contributed by atoms with Crippen LogP contribution in [0.3, 0.4) is 0 Å². The normalized spacial score (nSPS) is 10.2. The number of hydrogen-bond donors (Lipinski definition) is 3. The first-order valence-electron chi connectivity index (χ1n) is 8.49. The summed E-state index contributed by atoms with van der Waals surface area (Å²) in [4.78, 5) is 47.2. The standard InChI is InChI=1S/C19H21N3O6/c1-4-27-19(26)15-10(2)28-18(16(15)17(20)25)22-14(24)9-12-5-7-13(8-6-12)21-11(3)23/h5-8H,4,9H2,1-3H3,(H2,20,25)(H,21,23)(H,22,24). The zero-order valence-corrected chi connectivity index (χ0v) is 15.8. The predicted molar refractivity (Wildman–Crippen MR) is 101 cm³/mol. The Morgan fingerprint density at radius 1 is 1.07 bits per heavy atom. The number of rotatable bonds is 7. The molecule has 0 spiro atoms. The summed E-state index contributed by atoms with van der Waals surface area (Å²) in [6.07, 6.45) is -0.0208. The molecule has 0 aliphatic carbocycles. The van der Waals surface area contributed by atoms with Gasteiger partial charge < -0.3 is 20.2 Å². The zero-order valence-electron chi connectivity index (χ0n) is 15.8. The molecule has 0 radical (unpaired) electrons. The molecule has 0 unspecified atom stereocenters. The number of nitrogens with two attached hydrogens (primary N) is 1. The maximum absolute atomic E-state index is 12.3. The minimum Gasteiger partial charge on any atom is -0.462 e. The van der Waals surface area contributed by atoms with Crippen molar-refractivity contribution in [3.63, 3.8) is 0 Å². The van der Waals surface area contributed by atoms with Crippen LogP contribution in [0.2, 0.25) is 0 Å². The van der Waals surface area contributed by atoms with Gasteiger partial charge in [0.25, 0.3) is 5.91 Å². The SMILES string of the molecule is CCOC(=O)c1c(C)oc(NC(=O)Cc2ccc(NC(C)=O)cc2)c1C(N)=O. The van der Waals surface area contributed by atoms with Crippen LogP contribution in [-0.2, 0) is 20.7 Å². The van der Waals surface area contributed by atoms with E-state index in [0.717, 1.165) is 0 Å². The van der Waals surface area contributed by atoms with E-state index in [1.807, 2.05) is 0 Å². The average molecular weight is 387 g/mol. The molecule has 0 bridgehead atoms. The van der Waals surface area contributed by atoms with E-state index in [0.29, 0.717) is 11.3 Å². The van der Waals surface area contributed by atoms with Crippen molar-refractivity contribution >= 4 is 35.3 Å². The van der Waals surface area contributed by atoms with Crippen molar-refractivity contribution in [1.29, 1.82) is 0 Å². The molecular formula is C19H21N3O6. The van der Waals surface area contributed by atoms with Gasteiger partial charge in [-0.3, -0.25) is 19.7 Å². The molecule has 2 rings (SSSR count). The first-order valence-corrected chi connectivity index (χ1v) is 8.49. The van der Waals surface area contributed by atoms with Crippen LogP contribution in [0.15, 0.2) is 28.7 Å². The number of furan rings is 1. The highest BCUT2D eigenvalue weighted by Gasteiger charge is 2.29. The number of nitrogens with one attached hydrogen (secondary N) is 2. The number of aryl methyl sites for hydroxylation is 1. The van der Waals surface area contributed by atoms with Crippen LogP contribution in [0.4, 0.5) is 11.6 Å². The minimum absolute atomic E-state index is 0.0208. The number of esters is 1. The number of carbonyl (C=O) groups excluding carboxylic acids is 4. The molecule has 0 saturated heterocycles. The third kappa shape index (κ3) is 4.97. The Morgan fingerprint density at radius 2 is 1.71 bits per heavy atom. The van der Waals surface area contributed by atoms with Gasteiger partial charge in [-0.25, -0.2) is 4.79 Å². The molecule has 1 aromatic carbocycles. The van der Waals surface area contributed by atoms with Gasteiger partial charge >= 0.3 is 5.97 Å². The molecule has 9 heteroatoms. The lowest BCUT2D eigenvalue weighted by Gasteiger charge is -2.06. The van der Waals surface area contributed by atoms with Crippen LogP contribution in [0, 0.1) is 6.92 Å². The number of anilines is 2. The van der Waals surface area contributed by atoms with Crippen molar-refractivity contribution in [2.24, 2.45) is 5.73 Å². The number of amides is 3. The lowest BCUT2D eigenvalue weighted by Crippen LogP contribution is -2.21. The summed E-state index contributed by atoms with van der Waals surface area (Å²) >= 11 is 0. The summed E-state index contributed by atoms with van der Waals surface area (Å²) in [5.74, 6) is -2.44. The molecule has 148 valence electrons. The summed E-state index contributed by atoms with van der Waals surface area (Å²) in [6.45, 7) is 4.59. The van der Waals surface area contributed by atoms with Crippen molar-refractivity contribution in [3.05, 3.63) is 46.7 Å². The maximum Gasteiger partial charge on any atom is 0.342 e. The topological polar surface area (TPSA) is 141 Å². The Morgan fingerprint density at radius 3 is 2.25 bits per heavy atom. The fourth-order valence-corrected chi connectivity index (χ4v) is 2.58. The highest BCUT2D eigenvalue weighted by molar-refractivity contribution is 6.10. The fraction of sp³-hybridized carbons (Fsp3) is 0.263. The number of benzene rings is 1. The van der Waals surface area contributed by atoms with Gasteiger partial charge in [0.2, 0.25) is 17.7 Å². The Bertz CT molecular complexity index is 914. The van der Waals surface area contributed by atoms with Crippen molar-refractivity contribution in [3.8, 4) is 0 Å². The van der Waals surface area contributed by atoms with Crippen molar-refractivity contribution in [2.75, 3.05) is 17.2 Å². The molecule has 1 aromatic heterocycles. The largest absolute Gasteiger partial charge is 0.462 e. The molecule has 4 N–H and O–H groups in total. The number of ether oxygens (including phenoxy) is 1. The molecule has 0 saturated carbocycles. The molecule has 0 aliphatic heterocycles. The van der Waals surface area contributed by atoms with Crippen LogP contribution >= 0.6 is 0 Å². The van der Waals surface area contributed by atoms with E-state index in [4.69, 9.17) is 14.9 Å². The third-order valence-electron chi connectivity index (χ3n) is 3.70. The van der Waals surface area contributed by atoms with Gasteiger partial charge in [-0.2, -0.15) is 0 Å². The summed E-state index contributed by atoms with van der Waals surface area (Å²) in [6, 6.07) is 6.68. The molecule has 2 aromatic rings. The molecule has 0 atom stereocenters. The average Bonchev–Trinajstić information content (AvgIpc) is 2.92. The van der Waals surface area contributed by atoms with Gasteiger partial charge in [-0.15, -0.1) is 0 Å². The van der Waals surface area contributed by atoms with Gasteiger partial charge in [0.05, 0.1) is 13.0 Å². The lowest BCUT2D eigenvalue weighted by atomic mass is 10.1. The summed E-state index contributed by atoms with van der Waals surface area (Å²) in [7, 11) is 0. The van der Waals surface area contributed by atoms with Gasteiger partial charge in [0, 0.05) is 12.6 Å². The number of primary amides is 1. The van der Waals surface area contributed by atoms with Gasteiger partial charge in [0.15, 0.2) is 0 Å². The van der Waals surface area contributed by atoms with E-state index in [1.54, 1.807) is 31.2 Å². The van der Waals surface area contributed by atoms with Crippen LogP contribution < -0.4 is 16.4 Å². The summed E-state index contributed by atoms with van der Waals surface area (Å²) < 4.78 is 10.3. The van der Waals surface area contributed by atoms with Crippen LogP contribution in [0.25, 0.3) is 0 Å².